The smallest absolute Gasteiger partial charge is 0.235 e. The molecule has 18 heavy (non-hydrogen) atoms. The van der Waals surface area contributed by atoms with Crippen LogP contribution in [-0.4, -0.2) is 19.3 Å². The van der Waals surface area contributed by atoms with Crippen molar-refractivity contribution in [2.75, 3.05) is 13.2 Å². The Labute approximate surface area is 110 Å². The van der Waals surface area contributed by atoms with Gasteiger partial charge in [0.2, 0.25) is 6.08 Å². The second-order valence-corrected chi connectivity index (χ2v) is 5.02. The molecule has 0 saturated heterocycles. The van der Waals surface area contributed by atoms with Crippen molar-refractivity contribution in [1.29, 1.82) is 0 Å². The largest absolute Gasteiger partial charge is 0.486 e. The summed E-state index contributed by atoms with van der Waals surface area (Å²) >= 11 is 6.40. The van der Waals surface area contributed by atoms with E-state index in [1.165, 1.54) is 0 Å². The molecule has 4 nitrogen and oxygen atoms in total. The van der Waals surface area contributed by atoms with E-state index in [0.717, 1.165) is 24.0 Å². The lowest BCUT2D eigenvalue weighted by molar-refractivity contribution is 0.171. The summed E-state index contributed by atoms with van der Waals surface area (Å²) in [6.45, 7) is 2.96. The number of fused-ring (bicyclic) bond motifs is 1. The van der Waals surface area contributed by atoms with Crippen LogP contribution in [0.5, 0.6) is 11.5 Å². The van der Waals surface area contributed by atoms with E-state index in [9.17, 15) is 4.79 Å². The minimum absolute atomic E-state index is 0.485. The number of aliphatic imine (C=N–C) groups is 1. The number of rotatable bonds is 2. The van der Waals surface area contributed by atoms with Gasteiger partial charge >= 0.3 is 0 Å². The average molecular weight is 266 g/mol. The maximum atomic E-state index is 10.6. The Hall–Kier alpha value is -1.51. The molecule has 0 bridgehead atoms. The molecule has 1 heterocycles. The van der Waals surface area contributed by atoms with Gasteiger partial charge in [-0.05, 0) is 31.4 Å². The van der Waals surface area contributed by atoms with Gasteiger partial charge in [0.15, 0.2) is 11.5 Å². The van der Waals surface area contributed by atoms with Gasteiger partial charge in [0, 0.05) is 5.56 Å². The number of nitrogens with zero attached hydrogens (tertiary/aromatic N) is 1. The Morgan fingerprint density at radius 3 is 2.78 bits per heavy atom. The van der Waals surface area contributed by atoms with Crippen LogP contribution in [0.3, 0.4) is 0 Å². The molecule has 1 aromatic carbocycles. The monoisotopic (exact) mass is 265 g/mol. The predicted molar refractivity (Wildman–Crippen MR) is 66.2 cm³/mol. The Balaban J connectivity index is 2.18. The maximum absolute atomic E-state index is 10.6. The zero-order valence-electron chi connectivity index (χ0n) is 9.96. The van der Waals surface area contributed by atoms with Crippen molar-refractivity contribution in [1.82, 2.24) is 0 Å². The molecule has 0 unspecified atom stereocenters. The summed E-state index contributed by atoms with van der Waals surface area (Å²) in [6, 6.07) is 1.90. The molecule has 3 rings (SSSR count). The third-order valence-electron chi connectivity index (χ3n) is 3.42. The van der Waals surface area contributed by atoms with Crippen molar-refractivity contribution in [3.8, 4) is 11.5 Å². The first-order chi connectivity index (χ1) is 8.68. The first-order valence-electron chi connectivity index (χ1n) is 5.86. The molecule has 1 fully saturated rings. The van der Waals surface area contributed by atoms with Crippen LogP contribution in [0.1, 0.15) is 24.0 Å². The third-order valence-corrected chi connectivity index (χ3v) is 3.78. The molecule has 0 atom stereocenters. The van der Waals surface area contributed by atoms with Crippen molar-refractivity contribution in [3.05, 3.63) is 22.2 Å². The zero-order chi connectivity index (χ0) is 12.8. The van der Waals surface area contributed by atoms with Crippen LogP contribution in [-0.2, 0) is 10.3 Å². The van der Waals surface area contributed by atoms with Crippen LogP contribution in [0.15, 0.2) is 11.1 Å². The highest BCUT2D eigenvalue weighted by Gasteiger charge is 2.48. The van der Waals surface area contributed by atoms with Crippen molar-refractivity contribution < 1.29 is 14.3 Å². The molecule has 94 valence electrons. The minimum atomic E-state index is -0.487. The number of hydrogen-bond donors (Lipinski definition) is 0. The Bertz CT molecular complexity index is 560. The number of hydrogen-bond acceptors (Lipinski definition) is 4. The molecular weight excluding hydrogens is 254 g/mol. The Morgan fingerprint density at radius 2 is 2.11 bits per heavy atom. The van der Waals surface area contributed by atoms with E-state index >= 15 is 0 Å². The molecule has 0 spiro atoms. The minimum Gasteiger partial charge on any atom is -0.486 e. The van der Waals surface area contributed by atoms with E-state index in [4.69, 9.17) is 21.1 Å². The Morgan fingerprint density at radius 1 is 1.39 bits per heavy atom. The summed E-state index contributed by atoms with van der Waals surface area (Å²) in [6.07, 6.45) is 3.29. The molecule has 5 heteroatoms. The average Bonchev–Trinajstić information content (AvgIpc) is 3.10. The van der Waals surface area contributed by atoms with Gasteiger partial charge in [-0.25, -0.2) is 4.79 Å². The van der Waals surface area contributed by atoms with Gasteiger partial charge in [0.25, 0.3) is 0 Å². The van der Waals surface area contributed by atoms with Crippen molar-refractivity contribution in [2.24, 2.45) is 4.99 Å². The number of benzene rings is 1. The highest BCUT2D eigenvalue weighted by Crippen LogP contribution is 2.56. The molecule has 1 saturated carbocycles. The number of ether oxygens (including phenoxy) is 2. The Kier molecular flexibility index (Phi) is 2.58. The van der Waals surface area contributed by atoms with Gasteiger partial charge in [-0.1, -0.05) is 11.6 Å². The van der Waals surface area contributed by atoms with Crippen LogP contribution in [0.25, 0.3) is 0 Å². The van der Waals surface area contributed by atoms with Gasteiger partial charge in [-0.15, -0.1) is 0 Å². The summed E-state index contributed by atoms with van der Waals surface area (Å²) in [5.74, 6) is 1.23. The molecule has 2 aliphatic rings. The van der Waals surface area contributed by atoms with Crippen LogP contribution in [0, 0.1) is 6.92 Å². The molecule has 0 radical (unpaired) electrons. The van der Waals surface area contributed by atoms with Gasteiger partial charge in [0.05, 0.1) is 5.02 Å². The molecule has 1 aromatic rings. The van der Waals surface area contributed by atoms with E-state index in [1.54, 1.807) is 6.08 Å². The first kappa shape index (κ1) is 11.6. The van der Waals surface area contributed by atoms with Crippen molar-refractivity contribution in [2.45, 2.75) is 25.3 Å². The van der Waals surface area contributed by atoms with Gasteiger partial charge < -0.3 is 9.47 Å². The number of aryl methyl sites for hydroxylation is 1. The second kappa shape index (κ2) is 4.01. The van der Waals surface area contributed by atoms with E-state index < -0.39 is 5.54 Å². The maximum Gasteiger partial charge on any atom is 0.235 e. The van der Waals surface area contributed by atoms with Crippen LogP contribution >= 0.6 is 11.6 Å². The van der Waals surface area contributed by atoms with E-state index in [-0.39, 0.29) is 0 Å². The number of carbonyl (C=O) groups excluding carboxylic acids is 1. The van der Waals surface area contributed by atoms with Crippen LogP contribution < -0.4 is 9.47 Å². The number of isocyanates is 1. The quantitative estimate of drug-likeness (QED) is 0.610. The van der Waals surface area contributed by atoms with E-state index in [2.05, 4.69) is 4.99 Å². The topological polar surface area (TPSA) is 47.9 Å². The standard InChI is InChI=1S/C13H12ClNO3/c1-8-6-9-12(18-5-4-17-9)11(14)10(8)13(2-3-13)15-7-16/h6H,2-5H2,1H3. The summed E-state index contributed by atoms with van der Waals surface area (Å²) in [5.41, 5.74) is 1.36. The lowest BCUT2D eigenvalue weighted by Crippen LogP contribution is -2.17. The zero-order valence-corrected chi connectivity index (χ0v) is 10.7. The SMILES string of the molecule is Cc1cc2c(c(Cl)c1C1(N=C=O)CC1)OCCO2. The fraction of sp³-hybridized carbons (Fsp3) is 0.462. The highest BCUT2D eigenvalue weighted by atomic mass is 35.5. The molecular formula is C13H12ClNO3. The van der Waals surface area contributed by atoms with Gasteiger partial charge in [-0.2, -0.15) is 4.99 Å². The van der Waals surface area contributed by atoms with Crippen LogP contribution in [0.2, 0.25) is 5.02 Å². The van der Waals surface area contributed by atoms with Gasteiger partial charge in [-0.3, -0.25) is 0 Å². The van der Waals surface area contributed by atoms with E-state index in [0.29, 0.717) is 29.7 Å². The molecule has 1 aliphatic carbocycles. The van der Waals surface area contributed by atoms with Crippen molar-refractivity contribution >= 4 is 17.7 Å². The fourth-order valence-electron chi connectivity index (χ4n) is 2.46. The van der Waals surface area contributed by atoms with Gasteiger partial charge in [0.1, 0.15) is 18.8 Å². The van der Waals surface area contributed by atoms with E-state index in [1.807, 2.05) is 13.0 Å². The molecule has 1 aliphatic heterocycles. The molecule has 0 aromatic heterocycles. The van der Waals surface area contributed by atoms with Crippen LogP contribution in [0.4, 0.5) is 0 Å². The second-order valence-electron chi connectivity index (χ2n) is 4.64. The lowest BCUT2D eigenvalue weighted by Gasteiger charge is -2.24. The molecule has 0 N–H and O–H groups in total. The molecule has 0 amide bonds. The normalized spacial score (nSPS) is 19.0. The third kappa shape index (κ3) is 1.61. The van der Waals surface area contributed by atoms with Crippen molar-refractivity contribution in [3.63, 3.8) is 0 Å². The fourth-order valence-corrected chi connectivity index (χ4v) is 2.93. The summed E-state index contributed by atoms with van der Waals surface area (Å²) < 4.78 is 11.1. The predicted octanol–water partition coefficient (Wildman–Crippen LogP) is 2.74. The lowest BCUT2D eigenvalue weighted by atomic mass is 9.98. The summed E-state index contributed by atoms with van der Waals surface area (Å²) in [7, 11) is 0. The summed E-state index contributed by atoms with van der Waals surface area (Å²) in [4.78, 5) is 14.5. The highest BCUT2D eigenvalue weighted by molar-refractivity contribution is 6.33. The number of halogens is 1. The first-order valence-corrected chi connectivity index (χ1v) is 6.24. The summed E-state index contributed by atoms with van der Waals surface area (Å²) in [5, 5.41) is 0.515.